The normalized spacial score (nSPS) is 16.3. The maximum Gasteiger partial charge on any atom is 0.140 e. The highest BCUT2D eigenvalue weighted by Gasteiger charge is 2.26. The van der Waals surface area contributed by atoms with E-state index >= 15 is 0 Å². The van der Waals surface area contributed by atoms with Crippen molar-refractivity contribution >= 4 is 5.78 Å². The second-order valence-electron chi connectivity index (χ2n) is 7.11. The molecule has 0 unspecified atom stereocenters. The first-order valence-electron chi connectivity index (χ1n) is 7.42. The van der Waals surface area contributed by atoms with Crippen molar-refractivity contribution in [1.82, 2.24) is 0 Å². The van der Waals surface area contributed by atoms with Crippen LogP contribution in [0, 0.1) is 19.8 Å². The molecule has 104 valence electrons. The molecule has 1 aliphatic carbocycles. The Hall–Kier alpha value is -1.11. The number of ketones is 1. The summed E-state index contributed by atoms with van der Waals surface area (Å²) in [5.74, 6) is 0.794. The minimum Gasteiger partial charge on any atom is -0.299 e. The van der Waals surface area contributed by atoms with Crippen molar-refractivity contribution in [2.45, 2.75) is 65.7 Å². The van der Waals surface area contributed by atoms with Gasteiger partial charge in [-0.15, -0.1) is 0 Å². The second-order valence-corrected chi connectivity index (χ2v) is 7.11. The lowest BCUT2D eigenvalue weighted by atomic mass is 9.78. The predicted octanol–water partition coefficient (Wildman–Crippen LogP) is 4.51. The third kappa shape index (κ3) is 3.08. The van der Waals surface area contributed by atoms with Crippen molar-refractivity contribution in [1.29, 1.82) is 0 Å². The van der Waals surface area contributed by atoms with Gasteiger partial charge in [-0.3, -0.25) is 4.79 Å². The van der Waals surface area contributed by atoms with Gasteiger partial charge in [-0.05, 0) is 54.4 Å². The van der Waals surface area contributed by atoms with Crippen molar-refractivity contribution < 1.29 is 4.79 Å². The first-order chi connectivity index (χ1) is 8.79. The van der Waals surface area contributed by atoms with Crippen LogP contribution in [-0.4, -0.2) is 5.78 Å². The van der Waals surface area contributed by atoms with Crippen LogP contribution in [0.3, 0.4) is 0 Å². The zero-order chi connectivity index (χ0) is 14.2. The SMILES string of the molecule is Cc1cc(C(C)(C)C)cc(C)c1CC(=O)C1CCC1. The highest BCUT2D eigenvalue weighted by molar-refractivity contribution is 5.84. The topological polar surface area (TPSA) is 17.1 Å². The molecule has 1 nitrogen and oxygen atoms in total. The highest BCUT2D eigenvalue weighted by Crippen LogP contribution is 2.31. The van der Waals surface area contributed by atoms with Gasteiger partial charge in [-0.25, -0.2) is 0 Å². The van der Waals surface area contributed by atoms with Gasteiger partial charge < -0.3 is 0 Å². The summed E-state index contributed by atoms with van der Waals surface area (Å²) in [6, 6.07) is 4.52. The maximum absolute atomic E-state index is 12.2. The summed E-state index contributed by atoms with van der Waals surface area (Å²) >= 11 is 0. The van der Waals surface area contributed by atoms with Crippen LogP contribution < -0.4 is 0 Å². The summed E-state index contributed by atoms with van der Waals surface area (Å²) in [4.78, 5) is 12.2. The van der Waals surface area contributed by atoms with Gasteiger partial charge in [-0.1, -0.05) is 39.3 Å². The predicted molar refractivity (Wildman–Crippen MR) is 80.7 cm³/mol. The molecular formula is C18H26O. The fraction of sp³-hybridized carbons (Fsp3) is 0.611. The molecule has 1 heteroatoms. The van der Waals surface area contributed by atoms with Crippen LogP contribution in [-0.2, 0) is 16.6 Å². The quantitative estimate of drug-likeness (QED) is 0.779. The monoisotopic (exact) mass is 258 g/mol. The van der Waals surface area contributed by atoms with Gasteiger partial charge in [-0.2, -0.15) is 0 Å². The van der Waals surface area contributed by atoms with E-state index < -0.39 is 0 Å². The Bertz CT molecular complexity index is 464. The van der Waals surface area contributed by atoms with Gasteiger partial charge in [0.05, 0.1) is 0 Å². The zero-order valence-corrected chi connectivity index (χ0v) is 13.0. The third-order valence-electron chi connectivity index (χ3n) is 4.47. The van der Waals surface area contributed by atoms with Crippen LogP contribution in [0.5, 0.6) is 0 Å². The van der Waals surface area contributed by atoms with E-state index in [9.17, 15) is 4.79 Å². The Kier molecular flexibility index (Phi) is 3.85. The van der Waals surface area contributed by atoms with Gasteiger partial charge in [0.15, 0.2) is 0 Å². The largest absolute Gasteiger partial charge is 0.299 e. The summed E-state index contributed by atoms with van der Waals surface area (Å²) < 4.78 is 0. The molecule has 2 rings (SSSR count). The van der Waals surface area contributed by atoms with E-state index in [1.54, 1.807) is 0 Å². The van der Waals surface area contributed by atoms with Crippen LogP contribution >= 0.6 is 0 Å². The van der Waals surface area contributed by atoms with Crippen molar-refractivity contribution in [3.05, 3.63) is 34.4 Å². The molecule has 0 spiro atoms. The molecule has 0 N–H and O–H groups in total. The molecular weight excluding hydrogens is 232 g/mol. The number of Topliss-reactive ketones (excluding diaryl/α,β-unsaturated/α-hetero) is 1. The maximum atomic E-state index is 12.2. The summed E-state index contributed by atoms with van der Waals surface area (Å²) in [5, 5.41) is 0. The van der Waals surface area contributed by atoms with E-state index in [-0.39, 0.29) is 5.41 Å². The van der Waals surface area contributed by atoms with Gasteiger partial charge in [0.2, 0.25) is 0 Å². The lowest BCUT2D eigenvalue weighted by Crippen LogP contribution is -2.24. The molecule has 1 aliphatic rings. The number of carbonyl (C=O) groups excluding carboxylic acids is 1. The first-order valence-corrected chi connectivity index (χ1v) is 7.42. The van der Waals surface area contributed by atoms with Crippen LogP contribution in [0.2, 0.25) is 0 Å². The average molecular weight is 258 g/mol. The third-order valence-corrected chi connectivity index (χ3v) is 4.47. The van der Waals surface area contributed by atoms with Crippen LogP contribution in [0.4, 0.5) is 0 Å². The summed E-state index contributed by atoms with van der Waals surface area (Å²) in [6.45, 7) is 11.0. The molecule has 0 saturated heterocycles. The van der Waals surface area contributed by atoms with E-state index in [0.29, 0.717) is 18.1 Å². The van der Waals surface area contributed by atoms with Crippen LogP contribution in [0.1, 0.15) is 62.3 Å². The molecule has 1 aromatic rings. The summed E-state index contributed by atoms with van der Waals surface area (Å²) in [6.07, 6.45) is 4.08. The van der Waals surface area contributed by atoms with E-state index in [4.69, 9.17) is 0 Å². The van der Waals surface area contributed by atoms with E-state index in [1.807, 2.05) is 0 Å². The zero-order valence-electron chi connectivity index (χ0n) is 13.0. The molecule has 1 fully saturated rings. The molecule has 0 amide bonds. The van der Waals surface area contributed by atoms with Crippen LogP contribution in [0.15, 0.2) is 12.1 Å². The summed E-state index contributed by atoms with van der Waals surface area (Å²) in [7, 11) is 0. The lowest BCUT2D eigenvalue weighted by Gasteiger charge is -2.26. The standard InChI is InChI=1S/C18H26O/c1-12-9-15(18(3,4)5)10-13(2)16(12)11-17(19)14-7-6-8-14/h9-10,14H,6-8,11H2,1-5H3. The Morgan fingerprint density at radius 2 is 1.68 bits per heavy atom. The van der Waals surface area contributed by atoms with Crippen molar-refractivity contribution in [3.8, 4) is 0 Å². The molecule has 0 atom stereocenters. The minimum atomic E-state index is 0.173. The van der Waals surface area contributed by atoms with Crippen molar-refractivity contribution in [3.63, 3.8) is 0 Å². The molecule has 0 aliphatic heterocycles. The number of carbonyl (C=O) groups is 1. The fourth-order valence-corrected chi connectivity index (χ4v) is 2.75. The van der Waals surface area contributed by atoms with Gasteiger partial charge >= 0.3 is 0 Å². The molecule has 0 aromatic heterocycles. The first kappa shape index (κ1) is 14.3. The average Bonchev–Trinajstić information content (AvgIpc) is 2.19. The van der Waals surface area contributed by atoms with Crippen molar-refractivity contribution in [2.24, 2.45) is 5.92 Å². The Labute approximate surface area is 117 Å². The number of aryl methyl sites for hydroxylation is 2. The van der Waals surface area contributed by atoms with Crippen molar-refractivity contribution in [2.75, 3.05) is 0 Å². The second kappa shape index (κ2) is 5.11. The Morgan fingerprint density at radius 3 is 2.05 bits per heavy atom. The van der Waals surface area contributed by atoms with E-state index in [1.165, 1.54) is 28.7 Å². The number of rotatable bonds is 3. The minimum absolute atomic E-state index is 0.173. The molecule has 0 radical (unpaired) electrons. The van der Waals surface area contributed by atoms with E-state index in [2.05, 4.69) is 46.8 Å². The molecule has 1 aromatic carbocycles. The lowest BCUT2D eigenvalue weighted by molar-refractivity contribution is -0.124. The molecule has 0 heterocycles. The number of benzene rings is 1. The van der Waals surface area contributed by atoms with Gasteiger partial charge in [0, 0.05) is 12.3 Å². The van der Waals surface area contributed by atoms with E-state index in [0.717, 1.165) is 12.8 Å². The highest BCUT2D eigenvalue weighted by atomic mass is 16.1. The van der Waals surface area contributed by atoms with Crippen LogP contribution in [0.25, 0.3) is 0 Å². The molecule has 0 bridgehead atoms. The summed E-state index contributed by atoms with van der Waals surface area (Å²) in [5.41, 5.74) is 5.34. The molecule has 19 heavy (non-hydrogen) atoms. The Morgan fingerprint density at radius 1 is 1.16 bits per heavy atom. The van der Waals surface area contributed by atoms with Gasteiger partial charge in [0.1, 0.15) is 5.78 Å². The number of hydrogen-bond acceptors (Lipinski definition) is 1. The Balaban J connectivity index is 2.24. The fourth-order valence-electron chi connectivity index (χ4n) is 2.75. The van der Waals surface area contributed by atoms with Gasteiger partial charge in [0.25, 0.3) is 0 Å². The smallest absolute Gasteiger partial charge is 0.140 e. The molecule has 1 saturated carbocycles. The number of hydrogen-bond donors (Lipinski definition) is 0.